The van der Waals surface area contributed by atoms with Crippen LogP contribution in [0.3, 0.4) is 0 Å². The van der Waals surface area contributed by atoms with E-state index in [0.717, 1.165) is 65.2 Å². The molecule has 0 radical (unpaired) electrons. The van der Waals surface area contributed by atoms with E-state index < -0.39 is 0 Å². The highest BCUT2D eigenvalue weighted by molar-refractivity contribution is 6.28. The zero-order valence-electron chi connectivity index (χ0n) is 20.2. The van der Waals surface area contributed by atoms with E-state index >= 15 is 0 Å². The van der Waals surface area contributed by atoms with Crippen molar-refractivity contribution >= 4 is 70.8 Å². The Labute approximate surface area is 205 Å². The Morgan fingerprint density at radius 3 is 2.31 bits per heavy atom. The fourth-order valence-electron chi connectivity index (χ4n) is 6.09. The number of hydrogen-bond acceptors (Lipinski definition) is 3. The standard InChI is InChI=1S/C32H23NO3/c1-32(2,3)17-5-9-24-23(13-17)30-26(35)10-8-19-22-12-16-4-11-27-29(20-7-6-18(34)14-28(20)36-27)21(16)15-25(22)33(24)31(19)30/h4-15,34-35H,1-3H3. The fraction of sp³-hybridized carbons (Fsp3) is 0.125. The lowest BCUT2D eigenvalue weighted by Crippen LogP contribution is -2.10. The van der Waals surface area contributed by atoms with Crippen molar-refractivity contribution < 1.29 is 14.6 Å². The fourth-order valence-corrected chi connectivity index (χ4v) is 6.09. The van der Waals surface area contributed by atoms with Gasteiger partial charge >= 0.3 is 0 Å². The average molecular weight is 470 g/mol. The molecule has 0 saturated carbocycles. The third-order valence-corrected chi connectivity index (χ3v) is 7.84. The summed E-state index contributed by atoms with van der Waals surface area (Å²) in [7, 11) is 0. The Balaban J connectivity index is 1.60. The number of phenols is 2. The number of aromatic nitrogens is 1. The van der Waals surface area contributed by atoms with Crippen LogP contribution in [-0.4, -0.2) is 14.6 Å². The number of benzene rings is 5. The van der Waals surface area contributed by atoms with Crippen molar-refractivity contribution in [1.82, 2.24) is 4.40 Å². The van der Waals surface area contributed by atoms with Crippen LogP contribution in [0.25, 0.3) is 70.8 Å². The van der Waals surface area contributed by atoms with E-state index in [1.54, 1.807) is 12.1 Å². The Bertz CT molecular complexity index is 2210. The Morgan fingerprint density at radius 2 is 1.47 bits per heavy atom. The summed E-state index contributed by atoms with van der Waals surface area (Å²) in [6.07, 6.45) is 0. The van der Waals surface area contributed by atoms with Crippen LogP contribution in [0.5, 0.6) is 11.5 Å². The Morgan fingerprint density at radius 1 is 0.639 bits per heavy atom. The van der Waals surface area contributed by atoms with E-state index in [4.69, 9.17) is 4.42 Å². The van der Waals surface area contributed by atoms with Gasteiger partial charge in [-0.2, -0.15) is 0 Å². The maximum Gasteiger partial charge on any atom is 0.139 e. The second kappa shape index (κ2) is 6.21. The van der Waals surface area contributed by atoms with Crippen LogP contribution in [0.1, 0.15) is 26.3 Å². The van der Waals surface area contributed by atoms with Crippen LogP contribution in [0, 0.1) is 0 Å². The maximum atomic E-state index is 11.0. The molecule has 174 valence electrons. The minimum Gasteiger partial charge on any atom is -0.508 e. The molecule has 0 bridgehead atoms. The number of furan rings is 1. The van der Waals surface area contributed by atoms with E-state index in [0.29, 0.717) is 11.3 Å². The van der Waals surface area contributed by atoms with Crippen LogP contribution >= 0.6 is 0 Å². The van der Waals surface area contributed by atoms with Gasteiger partial charge in [0, 0.05) is 33.0 Å². The smallest absolute Gasteiger partial charge is 0.139 e. The van der Waals surface area contributed by atoms with Gasteiger partial charge in [-0.15, -0.1) is 0 Å². The number of nitrogens with zero attached hydrogens (tertiary/aromatic N) is 1. The van der Waals surface area contributed by atoms with E-state index in [1.165, 1.54) is 5.56 Å². The summed E-state index contributed by atoms with van der Waals surface area (Å²) in [5.74, 6) is 0.502. The summed E-state index contributed by atoms with van der Waals surface area (Å²) < 4.78 is 8.40. The van der Waals surface area contributed by atoms with Crippen molar-refractivity contribution in [3.63, 3.8) is 0 Å². The highest BCUT2D eigenvalue weighted by atomic mass is 16.3. The minimum absolute atomic E-state index is 0.0104. The predicted octanol–water partition coefficient (Wildman–Crippen LogP) is 8.60. The van der Waals surface area contributed by atoms with Gasteiger partial charge in [0.15, 0.2) is 0 Å². The molecule has 0 unspecified atom stereocenters. The van der Waals surface area contributed by atoms with Crippen LogP contribution in [-0.2, 0) is 5.41 Å². The molecule has 0 spiro atoms. The first-order chi connectivity index (χ1) is 17.3. The van der Waals surface area contributed by atoms with Gasteiger partial charge in [-0.05, 0) is 76.3 Å². The topological polar surface area (TPSA) is 58.0 Å². The van der Waals surface area contributed by atoms with E-state index in [9.17, 15) is 10.2 Å². The molecule has 4 heteroatoms. The van der Waals surface area contributed by atoms with Crippen molar-refractivity contribution in [2.24, 2.45) is 0 Å². The molecule has 3 aromatic heterocycles. The molecule has 0 aliphatic carbocycles. The van der Waals surface area contributed by atoms with Gasteiger partial charge < -0.3 is 19.0 Å². The zero-order chi connectivity index (χ0) is 24.5. The molecule has 0 atom stereocenters. The first-order valence-electron chi connectivity index (χ1n) is 12.2. The van der Waals surface area contributed by atoms with Crippen LogP contribution in [0.2, 0.25) is 0 Å². The van der Waals surface area contributed by atoms with Gasteiger partial charge in [0.05, 0.1) is 21.9 Å². The highest BCUT2D eigenvalue weighted by Crippen LogP contribution is 2.46. The number of aromatic hydroxyl groups is 2. The highest BCUT2D eigenvalue weighted by Gasteiger charge is 2.23. The lowest BCUT2D eigenvalue weighted by Gasteiger charge is -2.19. The summed E-state index contributed by atoms with van der Waals surface area (Å²) in [4.78, 5) is 0. The molecule has 0 saturated heterocycles. The van der Waals surface area contributed by atoms with E-state index in [2.05, 4.69) is 61.6 Å². The van der Waals surface area contributed by atoms with Gasteiger partial charge in [-0.25, -0.2) is 0 Å². The molecule has 36 heavy (non-hydrogen) atoms. The molecule has 2 N–H and O–H groups in total. The second-order valence-corrected chi connectivity index (χ2v) is 11.0. The van der Waals surface area contributed by atoms with E-state index in [-0.39, 0.29) is 11.2 Å². The van der Waals surface area contributed by atoms with Gasteiger partial charge in [-0.1, -0.05) is 32.9 Å². The van der Waals surface area contributed by atoms with Gasteiger partial charge in [0.1, 0.15) is 22.7 Å². The van der Waals surface area contributed by atoms with Crippen molar-refractivity contribution in [3.05, 3.63) is 78.4 Å². The maximum absolute atomic E-state index is 11.0. The summed E-state index contributed by atoms with van der Waals surface area (Å²) in [6, 6.07) is 24.4. The normalized spacial score (nSPS) is 13.1. The first-order valence-corrected chi connectivity index (χ1v) is 12.2. The van der Waals surface area contributed by atoms with Crippen LogP contribution in [0.4, 0.5) is 0 Å². The molecule has 4 nitrogen and oxygen atoms in total. The van der Waals surface area contributed by atoms with Gasteiger partial charge in [-0.3, -0.25) is 0 Å². The molecule has 0 fully saturated rings. The van der Waals surface area contributed by atoms with Crippen molar-refractivity contribution in [2.45, 2.75) is 26.2 Å². The Hall–Kier alpha value is -4.44. The number of rotatable bonds is 0. The molecule has 0 amide bonds. The second-order valence-electron chi connectivity index (χ2n) is 11.0. The SMILES string of the molecule is CC(C)(C)c1ccc2c(c1)c1c(O)ccc3c4cc5ccc6oc7cc(O)ccc7c6c5cc4n2c31. The quantitative estimate of drug-likeness (QED) is 0.234. The van der Waals surface area contributed by atoms with Crippen LogP contribution in [0.15, 0.2) is 77.2 Å². The molecular formula is C32H23NO3. The first kappa shape index (κ1) is 19.8. The van der Waals surface area contributed by atoms with E-state index in [1.807, 2.05) is 24.3 Å². The largest absolute Gasteiger partial charge is 0.508 e. The lowest BCUT2D eigenvalue weighted by atomic mass is 9.86. The molecule has 0 aliphatic rings. The average Bonchev–Trinajstić information content (AvgIpc) is 3.48. The Kier molecular flexibility index (Phi) is 3.42. The molecular weight excluding hydrogens is 446 g/mol. The number of hydrogen-bond donors (Lipinski definition) is 2. The van der Waals surface area contributed by atoms with Crippen molar-refractivity contribution in [2.75, 3.05) is 0 Å². The lowest BCUT2D eigenvalue weighted by molar-refractivity contribution is 0.475. The number of fused-ring (bicyclic) bond motifs is 11. The molecule has 8 rings (SSSR count). The third kappa shape index (κ3) is 2.34. The van der Waals surface area contributed by atoms with Crippen molar-refractivity contribution in [1.29, 1.82) is 0 Å². The monoisotopic (exact) mass is 469 g/mol. The van der Waals surface area contributed by atoms with Gasteiger partial charge in [0.25, 0.3) is 0 Å². The molecule has 8 aromatic rings. The van der Waals surface area contributed by atoms with Gasteiger partial charge in [0.2, 0.25) is 0 Å². The third-order valence-electron chi connectivity index (χ3n) is 7.84. The summed E-state index contributed by atoms with van der Waals surface area (Å²) in [5.41, 5.74) is 5.98. The summed E-state index contributed by atoms with van der Waals surface area (Å²) >= 11 is 0. The predicted molar refractivity (Wildman–Crippen MR) is 148 cm³/mol. The zero-order valence-corrected chi connectivity index (χ0v) is 20.2. The molecule has 3 heterocycles. The summed E-state index contributed by atoms with van der Waals surface area (Å²) in [6.45, 7) is 6.64. The number of phenolic OH excluding ortho intramolecular Hbond substituents is 2. The molecule has 5 aromatic carbocycles. The summed E-state index contributed by atoms with van der Waals surface area (Å²) in [5, 5.41) is 29.5. The van der Waals surface area contributed by atoms with Crippen LogP contribution < -0.4 is 0 Å². The van der Waals surface area contributed by atoms with Crippen molar-refractivity contribution in [3.8, 4) is 11.5 Å². The molecule has 0 aliphatic heterocycles. The minimum atomic E-state index is 0.0104.